The molecule has 0 bridgehead atoms. The normalized spacial score (nSPS) is 18.2. The predicted molar refractivity (Wildman–Crippen MR) is 52.5 cm³/mol. The van der Waals surface area contributed by atoms with Crippen molar-refractivity contribution in [2.24, 2.45) is 5.41 Å². The molecular weight excluding hydrogens is 162 g/mol. The lowest BCUT2D eigenvalue weighted by Crippen LogP contribution is -2.15. The van der Waals surface area contributed by atoms with E-state index in [0.717, 1.165) is 12.5 Å². The summed E-state index contributed by atoms with van der Waals surface area (Å²) in [6, 6.07) is 1.83. The summed E-state index contributed by atoms with van der Waals surface area (Å²) in [6.45, 7) is 3.27. The van der Waals surface area contributed by atoms with Crippen LogP contribution < -0.4 is 5.32 Å². The molecule has 0 atom stereocenters. The van der Waals surface area contributed by atoms with Gasteiger partial charge in [-0.15, -0.1) is 0 Å². The minimum Gasteiger partial charge on any atom is -0.354 e. The van der Waals surface area contributed by atoms with Crippen LogP contribution in [0.4, 0.5) is 5.95 Å². The number of hydrogen-bond donors (Lipinski definition) is 1. The highest BCUT2D eigenvalue weighted by Crippen LogP contribution is 2.48. The van der Waals surface area contributed by atoms with Gasteiger partial charge >= 0.3 is 0 Å². The van der Waals surface area contributed by atoms with Crippen molar-refractivity contribution in [1.29, 1.82) is 0 Å². The summed E-state index contributed by atoms with van der Waals surface area (Å²) >= 11 is 0. The van der Waals surface area contributed by atoms with Gasteiger partial charge in [-0.3, -0.25) is 0 Å². The maximum atomic E-state index is 4.12. The van der Waals surface area contributed by atoms with E-state index < -0.39 is 0 Å². The molecule has 1 aliphatic rings. The van der Waals surface area contributed by atoms with E-state index in [4.69, 9.17) is 0 Å². The van der Waals surface area contributed by atoms with Crippen LogP contribution >= 0.6 is 0 Å². The fraction of sp³-hybridized carbons (Fsp3) is 0.600. The van der Waals surface area contributed by atoms with Crippen molar-refractivity contribution in [2.75, 3.05) is 11.9 Å². The van der Waals surface area contributed by atoms with Crippen LogP contribution in [0.3, 0.4) is 0 Å². The summed E-state index contributed by atoms with van der Waals surface area (Å²) in [5.74, 6) is 0.752. The molecule has 1 aromatic rings. The molecule has 0 saturated heterocycles. The van der Waals surface area contributed by atoms with Crippen molar-refractivity contribution in [3.8, 4) is 0 Å². The van der Waals surface area contributed by atoms with E-state index in [1.807, 2.05) is 6.07 Å². The van der Waals surface area contributed by atoms with E-state index in [1.54, 1.807) is 12.4 Å². The molecule has 1 N–H and O–H groups in total. The SMILES string of the molecule is CCC1(CNc2ncccn2)CC1. The third-order valence-corrected chi connectivity index (χ3v) is 2.89. The zero-order valence-electron chi connectivity index (χ0n) is 7.95. The number of hydrogen-bond acceptors (Lipinski definition) is 3. The smallest absolute Gasteiger partial charge is 0.222 e. The fourth-order valence-corrected chi connectivity index (χ4v) is 1.49. The van der Waals surface area contributed by atoms with Crippen molar-refractivity contribution in [1.82, 2.24) is 9.97 Å². The molecule has 0 radical (unpaired) electrons. The molecule has 3 heteroatoms. The summed E-state index contributed by atoms with van der Waals surface area (Å²) in [5.41, 5.74) is 0.555. The van der Waals surface area contributed by atoms with Gasteiger partial charge in [-0.2, -0.15) is 0 Å². The van der Waals surface area contributed by atoms with E-state index in [-0.39, 0.29) is 0 Å². The van der Waals surface area contributed by atoms with Gasteiger partial charge in [0, 0.05) is 18.9 Å². The molecule has 0 aromatic carbocycles. The van der Waals surface area contributed by atoms with E-state index >= 15 is 0 Å². The van der Waals surface area contributed by atoms with Crippen LogP contribution in [0.2, 0.25) is 0 Å². The van der Waals surface area contributed by atoms with Crippen molar-refractivity contribution < 1.29 is 0 Å². The average molecular weight is 177 g/mol. The van der Waals surface area contributed by atoms with E-state index in [2.05, 4.69) is 22.2 Å². The largest absolute Gasteiger partial charge is 0.354 e. The topological polar surface area (TPSA) is 37.8 Å². The predicted octanol–water partition coefficient (Wildman–Crippen LogP) is 2.08. The maximum absolute atomic E-state index is 4.12. The molecule has 70 valence electrons. The van der Waals surface area contributed by atoms with E-state index in [0.29, 0.717) is 5.41 Å². The van der Waals surface area contributed by atoms with Gasteiger partial charge in [-0.25, -0.2) is 9.97 Å². The standard InChI is InChI=1S/C10H15N3/c1-2-10(4-5-10)8-13-9-11-6-3-7-12-9/h3,6-7H,2,4-5,8H2,1H3,(H,11,12,13). The maximum Gasteiger partial charge on any atom is 0.222 e. The Morgan fingerprint density at radius 1 is 1.38 bits per heavy atom. The van der Waals surface area contributed by atoms with Crippen LogP contribution in [-0.2, 0) is 0 Å². The molecule has 2 rings (SSSR count). The van der Waals surface area contributed by atoms with Gasteiger partial charge in [0.25, 0.3) is 0 Å². The molecule has 1 aromatic heterocycles. The van der Waals surface area contributed by atoms with Crippen molar-refractivity contribution in [3.05, 3.63) is 18.5 Å². The quantitative estimate of drug-likeness (QED) is 0.765. The van der Waals surface area contributed by atoms with Crippen LogP contribution in [0.5, 0.6) is 0 Å². The summed E-state index contributed by atoms with van der Waals surface area (Å²) in [5, 5.41) is 3.28. The zero-order valence-corrected chi connectivity index (χ0v) is 7.95. The fourth-order valence-electron chi connectivity index (χ4n) is 1.49. The minimum absolute atomic E-state index is 0.555. The van der Waals surface area contributed by atoms with Gasteiger partial charge in [-0.1, -0.05) is 6.92 Å². The van der Waals surface area contributed by atoms with Gasteiger partial charge in [-0.05, 0) is 30.7 Å². The summed E-state index contributed by atoms with van der Waals surface area (Å²) in [7, 11) is 0. The Hall–Kier alpha value is -1.12. The Morgan fingerprint density at radius 3 is 2.62 bits per heavy atom. The van der Waals surface area contributed by atoms with E-state index in [9.17, 15) is 0 Å². The zero-order chi connectivity index (χ0) is 9.15. The van der Waals surface area contributed by atoms with Crippen LogP contribution in [0, 0.1) is 5.41 Å². The highest BCUT2D eigenvalue weighted by atomic mass is 15.1. The highest BCUT2D eigenvalue weighted by Gasteiger charge is 2.40. The lowest BCUT2D eigenvalue weighted by molar-refractivity contribution is 0.520. The monoisotopic (exact) mass is 177 g/mol. The van der Waals surface area contributed by atoms with Gasteiger partial charge in [0.15, 0.2) is 0 Å². The Bertz CT molecular complexity index is 267. The number of aromatic nitrogens is 2. The molecule has 1 aliphatic carbocycles. The number of nitrogens with zero attached hydrogens (tertiary/aromatic N) is 2. The Balaban J connectivity index is 1.86. The minimum atomic E-state index is 0.555. The van der Waals surface area contributed by atoms with Gasteiger partial charge < -0.3 is 5.32 Å². The van der Waals surface area contributed by atoms with Gasteiger partial charge in [0.2, 0.25) is 5.95 Å². The van der Waals surface area contributed by atoms with Crippen molar-refractivity contribution in [2.45, 2.75) is 26.2 Å². The summed E-state index contributed by atoms with van der Waals surface area (Å²) in [6.07, 6.45) is 7.49. The second-order valence-electron chi connectivity index (χ2n) is 3.78. The Morgan fingerprint density at radius 2 is 2.08 bits per heavy atom. The molecule has 0 spiro atoms. The number of anilines is 1. The lowest BCUT2D eigenvalue weighted by Gasteiger charge is -2.12. The second kappa shape index (κ2) is 3.32. The number of rotatable bonds is 4. The third-order valence-electron chi connectivity index (χ3n) is 2.89. The summed E-state index contributed by atoms with van der Waals surface area (Å²) < 4.78 is 0. The first-order chi connectivity index (χ1) is 6.35. The Kier molecular flexibility index (Phi) is 2.17. The highest BCUT2D eigenvalue weighted by molar-refractivity contribution is 5.23. The molecule has 0 unspecified atom stereocenters. The van der Waals surface area contributed by atoms with Crippen LogP contribution in [0.15, 0.2) is 18.5 Å². The van der Waals surface area contributed by atoms with Gasteiger partial charge in [0.05, 0.1) is 0 Å². The van der Waals surface area contributed by atoms with Crippen LogP contribution in [0.1, 0.15) is 26.2 Å². The first kappa shape index (κ1) is 8.48. The van der Waals surface area contributed by atoms with Crippen molar-refractivity contribution >= 4 is 5.95 Å². The third kappa shape index (κ3) is 1.97. The second-order valence-corrected chi connectivity index (χ2v) is 3.78. The molecular formula is C10H15N3. The Labute approximate surface area is 78.6 Å². The van der Waals surface area contributed by atoms with E-state index in [1.165, 1.54) is 19.3 Å². The van der Waals surface area contributed by atoms with Crippen LogP contribution in [-0.4, -0.2) is 16.5 Å². The van der Waals surface area contributed by atoms with Crippen LogP contribution in [0.25, 0.3) is 0 Å². The average Bonchev–Trinajstić information content (AvgIpc) is 2.97. The lowest BCUT2D eigenvalue weighted by atomic mass is 10.0. The molecule has 3 nitrogen and oxygen atoms in total. The summed E-state index contributed by atoms with van der Waals surface area (Å²) in [4.78, 5) is 8.24. The molecule has 1 heterocycles. The number of nitrogens with one attached hydrogen (secondary N) is 1. The molecule has 0 amide bonds. The molecule has 13 heavy (non-hydrogen) atoms. The molecule has 1 fully saturated rings. The van der Waals surface area contributed by atoms with Crippen molar-refractivity contribution in [3.63, 3.8) is 0 Å². The molecule has 0 aliphatic heterocycles. The van der Waals surface area contributed by atoms with Gasteiger partial charge in [0.1, 0.15) is 0 Å². The molecule has 1 saturated carbocycles. The first-order valence-electron chi connectivity index (χ1n) is 4.86. The first-order valence-corrected chi connectivity index (χ1v) is 4.86.